The fraction of sp³-hybridized carbons (Fsp3) is 0.300. The number of pyridine rings is 1. The van der Waals surface area contributed by atoms with Gasteiger partial charge in [0.1, 0.15) is 6.04 Å². The van der Waals surface area contributed by atoms with Crippen LogP contribution in [0.3, 0.4) is 0 Å². The lowest BCUT2D eigenvalue weighted by Crippen LogP contribution is -2.16. The fourth-order valence-electron chi connectivity index (χ4n) is 1.28. The Hall–Kier alpha value is -1.89. The van der Waals surface area contributed by atoms with Gasteiger partial charge in [-0.25, -0.2) is 0 Å². The average Bonchev–Trinajstić information content (AvgIpc) is 2.98. The summed E-state index contributed by atoms with van der Waals surface area (Å²) in [6.45, 7) is 0.572. The van der Waals surface area contributed by atoms with Gasteiger partial charge >= 0.3 is 0 Å². The summed E-state index contributed by atoms with van der Waals surface area (Å²) < 4.78 is 0. The Bertz CT molecular complexity index is 382. The summed E-state index contributed by atoms with van der Waals surface area (Å²) in [6, 6.07) is 7.30. The highest BCUT2D eigenvalue weighted by atomic mass is 16.2. The number of hydrogen-bond acceptors (Lipinski definition) is 3. The summed E-state index contributed by atoms with van der Waals surface area (Å²) >= 11 is 0. The minimum Gasteiger partial charge on any atom is -0.321 e. The van der Waals surface area contributed by atoms with E-state index in [9.17, 15) is 4.79 Å². The zero-order valence-electron chi connectivity index (χ0n) is 7.55. The zero-order valence-corrected chi connectivity index (χ0v) is 7.55. The lowest BCUT2D eigenvalue weighted by Gasteiger charge is -2.00. The molecule has 0 radical (unpaired) electrons. The summed E-state index contributed by atoms with van der Waals surface area (Å²) in [5, 5.41) is 8.53. The van der Waals surface area contributed by atoms with Gasteiger partial charge in [0.2, 0.25) is 5.91 Å². The normalized spacial score (nSPS) is 18.8. The molecule has 0 saturated carbocycles. The Labute approximate surface area is 81.8 Å². The molecule has 2 heterocycles. The molecule has 0 bridgehead atoms. The average molecular weight is 187 g/mol. The third-order valence-electron chi connectivity index (χ3n) is 2.14. The fourth-order valence-corrected chi connectivity index (χ4v) is 1.28. The van der Waals surface area contributed by atoms with Crippen molar-refractivity contribution >= 4 is 5.91 Å². The van der Waals surface area contributed by atoms with E-state index >= 15 is 0 Å². The highest BCUT2D eigenvalue weighted by Crippen LogP contribution is 2.17. The van der Waals surface area contributed by atoms with Gasteiger partial charge in [-0.2, -0.15) is 5.26 Å². The largest absolute Gasteiger partial charge is 0.321 e. The molecule has 0 aliphatic carbocycles. The summed E-state index contributed by atoms with van der Waals surface area (Å²) in [6.07, 6.45) is 1.95. The molecule has 0 N–H and O–H groups in total. The first-order valence-electron chi connectivity index (χ1n) is 4.40. The molecule has 1 amide bonds. The summed E-state index contributed by atoms with van der Waals surface area (Å²) in [7, 11) is 0. The molecule has 1 saturated heterocycles. The van der Waals surface area contributed by atoms with Crippen molar-refractivity contribution in [3.63, 3.8) is 0 Å². The molecular formula is C10H9N3O. The van der Waals surface area contributed by atoms with Gasteiger partial charge in [0.25, 0.3) is 0 Å². The topological polar surface area (TPSA) is 56.8 Å². The van der Waals surface area contributed by atoms with E-state index in [1.807, 2.05) is 24.3 Å². The van der Waals surface area contributed by atoms with Crippen molar-refractivity contribution in [2.24, 2.45) is 0 Å². The van der Waals surface area contributed by atoms with Crippen molar-refractivity contribution in [2.45, 2.75) is 12.5 Å². The van der Waals surface area contributed by atoms with Gasteiger partial charge in [0.15, 0.2) is 0 Å². The maximum Gasteiger partial charge on any atom is 0.229 e. The number of nitrogens with zero attached hydrogens (tertiary/aromatic N) is 3. The van der Waals surface area contributed by atoms with Crippen LogP contribution in [0.15, 0.2) is 24.4 Å². The Morgan fingerprint density at radius 1 is 1.71 bits per heavy atom. The van der Waals surface area contributed by atoms with Crippen molar-refractivity contribution in [2.75, 3.05) is 6.54 Å². The van der Waals surface area contributed by atoms with Crippen LogP contribution in [-0.4, -0.2) is 28.4 Å². The minimum atomic E-state index is -0.203. The van der Waals surface area contributed by atoms with Gasteiger partial charge in [0, 0.05) is 11.9 Å². The van der Waals surface area contributed by atoms with Crippen LogP contribution < -0.4 is 0 Å². The number of carbonyl (C=O) groups is 1. The molecule has 0 aromatic carbocycles. The van der Waals surface area contributed by atoms with Gasteiger partial charge in [-0.1, -0.05) is 6.07 Å². The summed E-state index contributed by atoms with van der Waals surface area (Å²) in [5.74, 6) is -0.0183. The molecule has 1 aliphatic rings. The number of hydrogen-bond donors (Lipinski definition) is 0. The second kappa shape index (κ2) is 3.46. The Kier molecular flexibility index (Phi) is 2.15. The first-order chi connectivity index (χ1) is 6.81. The van der Waals surface area contributed by atoms with Crippen molar-refractivity contribution in [3.05, 3.63) is 30.1 Å². The van der Waals surface area contributed by atoms with Crippen LogP contribution in [0.1, 0.15) is 5.69 Å². The monoisotopic (exact) mass is 187 g/mol. The number of carbonyl (C=O) groups excluding carboxylic acids is 1. The second-order valence-electron chi connectivity index (χ2n) is 3.19. The standard InChI is InChI=1S/C10H9N3O/c11-6-9-7-13(9)10(14)5-8-3-1-2-4-12-8/h1-4,9H,5,7H2. The van der Waals surface area contributed by atoms with Crippen molar-refractivity contribution < 1.29 is 4.79 Å². The van der Waals surface area contributed by atoms with Crippen LogP contribution in [-0.2, 0) is 11.2 Å². The Morgan fingerprint density at radius 3 is 3.14 bits per heavy atom. The quantitative estimate of drug-likeness (QED) is 0.628. The van der Waals surface area contributed by atoms with Crippen LogP contribution in [0.2, 0.25) is 0 Å². The maximum absolute atomic E-state index is 11.5. The minimum absolute atomic E-state index is 0.0183. The number of amides is 1. The van der Waals surface area contributed by atoms with Crippen LogP contribution in [0.4, 0.5) is 0 Å². The maximum atomic E-state index is 11.5. The van der Waals surface area contributed by atoms with Gasteiger partial charge in [-0.15, -0.1) is 0 Å². The van der Waals surface area contributed by atoms with E-state index in [0.717, 1.165) is 5.69 Å². The molecule has 0 spiro atoms. The van der Waals surface area contributed by atoms with Crippen molar-refractivity contribution in [3.8, 4) is 6.07 Å². The van der Waals surface area contributed by atoms with Crippen molar-refractivity contribution in [1.82, 2.24) is 9.88 Å². The van der Waals surface area contributed by atoms with E-state index in [1.165, 1.54) is 0 Å². The molecule has 1 unspecified atom stereocenters. The van der Waals surface area contributed by atoms with Crippen molar-refractivity contribution in [1.29, 1.82) is 5.26 Å². The number of nitriles is 1. The zero-order chi connectivity index (χ0) is 9.97. The van der Waals surface area contributed by atoms with E-state index in [0.29, 0.717) is 13.0 Å². The Morgan fingerprint density at radius 2 is 2.57 bits per heavy atom. The molecule has 4 nitrogen and oxygen atoms in total. The molecule has 70 valence electrons. The van der Waals surface area contributed by atoms with Crippen LogP contribution in [0.5, 0.6) is 0 Å². The molecule has 4 heteroatoms. The van der Waals surface area contributed by atoms with E-state index in [4.69, 9.17) is 5.26 Å². The molecular weight excluding hydrogens is 178 g/mol. The number of rotatable bonds is 2. The van der Waals surface area contributed by atoms with Crippen LogP contribution in [0, 0.1) is 11.3 Å². The SMILES string of the molecule is N#CC1CN1C(=O)Cc1ccccn1. The first-order valence-corrected chi connectivity index (χ1v) is 4.40. The molecule has 1 aliphatic heterocycles. The lowest BCUT2D eigenvalue weighted by molar-refractivity contribution is -0.125. The van der Waals surface area contributed by atoms with E-state index < -0.39 is 0 Å². The molecule has 1 fully saturated rings. The molecule has 1 atom stereocenters. The van der Waals surface area contributed by atoms with Gasteiger partial charge < -0.3 is 4.90 Å². The molecule has 1 aromatic rings. The third kappa shape index (κ3) is 1.72. The first kappa shape index (κ1) is 8.70. The highest BCUT2D eigenvalue weighted by molar-refractivity contribution is 5.81. The molecule has 2 rings (SSSR count). The van der Waals surface area contributed by atoms with Gasteiger partial charge in [-0.05, 0) is 12.1 Å². The van der Waals surface area contributed by atoms with E-state index in [-0.39, 0.29) is 11.9 Å². The van der Waals surface area contributed by atoms with E-state index in [1.54, 1.807) is 11.1 Å². The summed E-state index contributed by atoms with van der Waals surface area (Å²) in [4.78, 5) is 17.1. The third-order valence-corrected chi connectivity index (χ3v) is 2.14. The lowest BCUT2D eigenvalue weighted by atomic mass is 10.2. The molecule has 1 aromatic heterocycles. The van der Waals surface area contributed by atoms with Gasteiger partial charge in [-0.3, -0.25) is 9.78 Å². The molecule has 14 heavy (non-hydrogen) atoms. The predicted octanol–water partition coefficient (Wildman–Crippen LogP) is 0.358. The summed E-state index contributed by atoms with van der Waals surface area (Å²) in [5.41, 5.74) is 0.751. The second-order valence-corrected chi connectivity index (χ2v) is 3.19. The van der Waals surface area contributed by atoms with Gasteiger partial charge in [0.05, 0.1) is 19.0 Å². The van der Waals surface area contributed by atoms with Crippen LogP contribution in [0.25, 0.3) is 0 Å². The highest BCUT2D eigenvalue weighted by Gasteiger charge is 2.38. The smallest absolute Gasteiger partial charge is 0.229 e. The Balaban J connectivity index is 1.94. The van der Waals surface area contributed by atoms with Crippen LogP contribution >= 0.6 is 0 Å². The number of aromatic nitrogens is 1. The van der Waals surface area contributed by atoms with E-state index in [2.05, 4.69) is 4.98 Å². The predicted molar refractivity (Wildman–Crippen MR) is 49.1 cm³/mol.